The lowest BCUT2D eigenvalue weighted by Gasteiger charge is -2.42. The number of aliphatic hydroxyl groups excluding tert-OH is 3. The van der Waals surface area contributed by atoms with Crippen LogP contribution in [0.25, 0.3) is 0 Å². The number of benzene rings is 1. The van der Waals surface area contributed by atoms with E-state index in [1.807, 2.05) is 0 Å². The summed E-state index contributed by atoms with van der Waals surface area (Å²) in [6, 6.07) is 4.89. The Labute approximate surface area is 144 Å². The molecule has 0 bridgehead atoms. The van der Waals surface area contributed by atoms with Gasteiger partial charge in [0.1, 0.15) is 30.1 Å². The van der Waals surface area contributed by atoms with Gasteiger partial charge in [0.2, 0.25) is 12.2 Å². The zero-order chi connectivity index (χ0) is 18.6. The SMILES string of the molecule is COC(=O)c1ccc(O[C@@H]2O[C@H](CO)[C@H](O)[C@H](O)[C@H]2NC(C)=O)cc1. The molecular formula is C16H21NO8. The molecule has 5 atom stereocenters. The van der Waals surface area contributed by atoms with Gasteiger partial charge in [0.05, 0.1) is 19.3 Å². The summed E-state index contributed by atoms with van der Waals surface area (Å²) in [5.74, 6) is -0.652. The van der Waals surface area contributed by atoms with Crippen molar-refractivity contribution >= 4 is 11.9 Å². The molecule has 0 saturated carbocycles. The summed E-state index contributed by atoms with van der Waals surface area (Å²) in [7, 11) is 1.27. The molecular weight excluding hydrogens is 334 g/mol. The average molecular weight is 355 g/mol. The first-order chi connectivity index (χ1) is 11.9. The molecule has 9 nitrogen and oxygen atoms in total. The van der Waals surface area contributed by atoms with Crippen molar-refractivity contribution in [3.63, 3.8) is 0 Å². The zero-order valence-electron chi connectivity index (χ0n) is 13.8. The highest BCUT2D eigenvalue weighted by Gasteiger charge is 2.46. The van der Waals surface area contributed by atoms with Gasteiger partial charge in [-0.2, -0.15) is 0 Å². The maximum atomic E-state index is 11.4. The Morgan fingerprint density at radius 3 is 2.36 bits per heavy atom. The molecule has 1 aliphatic heterocycles. The number of aliphatic hydroxyl groups is 3. The van der Waals surface area contributed by atoms with Crippen LogP contribution < -0.4 is 10.1 Å². The molecule has 0 aliphatic carbocycles. The number of esters is 1. The van der Waals surface area contributed by atoms with Gasteiger partial charge in [0.25, 0.3) is 0 Å². The van der Waals surface area contributed by atoms with Crippen molar-refractivity contribution in [2.24, 2.45) is 0 Å². The normalized spacial score (nSPS) is 28.9. The largest absolute Gasteiger partial charge is 0.465 e. The fourth-order valence-corrected chi connectivity index (χ4v) is 2.49. The number of methoxy groups -OCH3 is 1. The van der Waals surface area contributed by atoms with Crippen LogP contribution in [0.5, 0.6) is 5.75 Å². The molecule has 0 radical (unpaired) electrons. The predicted octanol–water partition coefficient (Wildman–Crippen LogP) is -1.20. The van der Waals surface area contributed by atoms with Gasteiger partial charge in [-0.1, -0.05) is 0 Å². The smallest absolute Gasteiger partial charge is 0.337 e. The molecule has 138 valence electrons. The summed E-state index contributed by atoms with van der Waals surface area (Å²) in [6.07, 6.45) is -5.00. The maximum Gasteiger partial charge on any atom is 0.337 e. The van der Waals surface area contributed by atoms with E-state index in [0.717, 1.165) is 0 Å². The first kappa shape index (κ1) is 19.1. The van der Waals surface area contributed by atoms with E-state index in [9.17, 15) is 24.9 Å². The molecule has 1 aromatic carbocycles. The van der Waals surface area contributed by atoms with Crippen LogP contribution >= 0.6 is 0 Å². The Morgan fingerprint density at radius 1 is 1.20 bits per heavy atom. The van der Waals surface area contributed by atoms with Crippen molar-refractivity contribution in [3.8, 4) is 5.75 Å². The number of rotatable bonds is 5. The van der Waals surface area contributed by atoms with Crippen LogP contribution in [0.3, 0.4) is 0 Å². The van der Waals surface area contributed by atoms with Gasteiger partial charge >= 0.3 is 5.97 Å². The molecule has 1 amide bonds. The van der Waals surface area contributed by atoms with Crippen molar-refractivity contribution in [1.29, 1.82) is 0 Å². The third-order valence-electron chi connectivity index (χ3n) is 3.78. The molecule has 1 heterocycles. The lowest BCUT2D eigenvalue weighted by molar-refractivity contribution is -0.244. The molecule has 9 heteroatoms. The Morgan fingerprint density at radius 2 is 1.84 bits per heavy atom. The molecule has 0 unspecified atom stereocenters. The van der Waals surface area contributed by atoms with E-state index in [4.69, 9.17) is 9.47 Å². The molecule has 25 heavy (non-hydrogen) atoms. The Hall–Kier alpha value is -2.20. The van der Waals surface area contributed by atoms with Crippen molar-refractivity contribution in [3.05, 3.63) is 29.8 Å². The minimum Gasteiger partial charge on any atom is -0.465 e. The summed E-state index contributed by atoms with van der Waals surface area (Å²) in [6.45, 7) is 0.714. The van der Waals surface area contributed by atoms with E-state index in [-0.39, 0.29) is 0 Å². The minimum atomic E-state index is -1.39. The summed E-state index contributed by atoms with van der Waals surface area (Å²) in [5.41, 5.74) is 0.321. The zero-order valence-corrected chi connectivity index (χ0v) is 13.8. The van der Waals surface area contributed by atoms with Crippen LogP contribution in [0.2, 0.25) is 0 Å². The van der Waals surface area contributed by atoms with E-state index < -0.39 is 49.1 Å². The van der Waals surface area contributed by atoms with Gasteiger partial charge in [-0.25, -0.2) is 4.79 Å². The second kappa shape index (κ2) is 8.26. The number of carbonyl (C=O) groups excluding carboxylic acids is 2. The molecule has 4 N–H and O–H groups in total. The summed E-state index contributed by atoms with van der Waals surface area (Å²) in [4.78, 5) is 22.8. The van der Waals surface area contributed by atoms with E-state index >= 15 is 0 Å². The Kier molecular flexibility index (Phi) is 6.32. The fourth-order valence-electron chi connectivity index (χ4n) is 2.49. The number of amides is 1. The molecule has 0 aromatic heterocycles. The van der Waals surface area contributed by atoms with E-state index in [0.29, 0.717) is 11.3 Å². The molecule has 2 rings (SSSR count). The molecule has 1 aromatic rings. The summed E-state index contributed by atoms with van der Waals surface area (Å²) >= 11 is 0. The lowest BCUT2D eigenvalue weighted by Crippen LogP contribution is -2.65. The lowest BCUT2D eigenvalue weighted by atomic mass is 9.97. The second-order valence-electron chi connectivity index (χ2n) is 5.57. The van der Waals surface area contributed by atoms with Crippen LogP contribution in [0, 0.1) is 0 Å². The van der Waals surface area contributed by atoms with Crippen LogP contribution in [-0.4, -0.2) is 71.6 Å². The number of nitrogens with one attached hydrogen (secondary N) is 1. The highest BCUT2D eigenvalue weighted by atomic mass is 16.7. The molecule has 0 spiro atoms. The van der Waals surface area contributed by atoms with Gasteiger partial charge in [0.15, 0.2) is 0 Å². The van der Waals surface area contributed by atoms with Gasteiger partial charge in [-0.05, 0) is 24.3 Å². The summed E-state index contributed by atoms with van der Waals surface area (Å²) in [5, 5.41) is 31.9. The van der Waals surface area contributed by atoms with Crippen molar-refractivity contribution in [2.75, 3.05) is 13.7 Å². The van der Waals surface area contributed by atoms with Gasteiger partial charge in [0, 0.05) is 6.92 Å². The number of hydrogen-bond acceptors (Lipinski definition) is 8. The van der Waals surface area contributed by atoms with Crippen LogP contribution in [0.1, 0.15) is 17.3 Å². The first-order valence-corrected chi connectivity index (χ1v) is 7.62. The number of hydrogen-bond donors (Lipinski definition) is 4. The fraction of sp³-hybridized carbons (Fsp3) is 0.500. The van der Waals surface area contributed by atoms with E-state index in [1.165, 1.54) is 38.3 Å². The Balaban J connectivity index is 2.17. The molecule has 1 saturated heterocycles. The van der Waals surface area contributed by atoms with Gasteiger partial charge in [-0.3, -0.25) is 4.79 Å². The quantitative estimate of drug-likeness (QED) is 0.484. The van der Waals surface area contributed by atoms with Gasteiger partial charge in [-0.15, -0.1) is 0 Å². The summed E-state index contributed by atoms with van der Waals surface area (Å²) < 4.78 is 15.7. The van der Waals surface area contributed by atoms with Crippen molar-refractivity contribution in [2.45, 2.75) is 37.6 Å². The Bertz CT molecular complexity index is 605. The molecule has 1 fully saturated rings. The highest BCUT2D eigenvalue weighted by Crippen LogP contribution is 2.24. The van der Waals surface area contributed by atoms with Crippen LogP contribution in [0.15, 0.2) is 24.3 Å². The topological polar surface area (TPSA) is 135 Å². The van der Waals surface area contributed by atoms with Gasteiger partial charge < -0.3 is 34.8 Å². The highest BCUT2D eigenvalue weighted by molar-refractivity contribution is 5.89. The van der Waals surface area contributed by atoms with E-state index in [1.54, 1.807) is 0 Å². The predicted molar refractivity (Wildman–Crippen MR) is 83.8 cm³/mol. The number of ether oxygens (including phenoxy) is 3. The third kappa shape index (κ3) is 4.45. The standard InChI is InChI=1S/C16H21NO8/c1-8(19)17-12-14(21)13(20)11(7-18)25-16(12)24-10-5-3-9(4-6-10)15(22)23-2/h3-6,11-14,16,18,20-21H,7H2,1-2H3,(H,17,19)/t11-,12-,13+,14-,16-/m1/s1. The first-order valence-electron chi connectivity index (χ1n) is 7.62. The van der Waals surface area contributed by atoms with Crippen molar-refractivity contribution in [1.82, 2.24) is 5.32 Å². The molecule has 1 aliphatic rings. The van der Waals surface area contributed by atoms with Crippen LogP contribution in [0.4, 0.5) is 0 Å². The minimum absolute atomic E-state index is 0.299. The maximum absolute atomic E-state index is 11.4. The van der Waals surface area contributed by atoms with Crippen LogP contribution in [-0.2, 0) is 14.3 Å². The third-order valence-corrected chi connectivity index (χ3v) is 3.78. The second-order valence-corrected chi connectivity index (χ2v) is 5.57. The average Bonchev–Trinajstić information content (AvgIpc) is 2.60. The number of carbonyl (C=O) groups is 2. The van der Waals surface area contributed by atoms with E-state index in [2.05, 4.69) is 10.1 Å². The van der Waals surface area contributed by atoms with Crippen molar-refractivity contribution < 1.29 is 39.1 Å². The monoisotopic (exact) mass is 355 g/mol.